The molecule has 31 heteroatoms. The molecule has 3 heterocycles. The Morgan fingerprint density at radius 1 is 0.924 bits per heavy atom. The second kappa shape index (κ2) is 25.2. The van der Waals surface area contributed by atoms with Crippen molar-refractivity contribution in [3.05, 3.63) is 12.7 Å². The number of thioether (sulfide) groups is 1. The highest BCUT2D eigenvalue weighted by Crippen LogP contribution is 2.68. The molecule has 0 radical (unpaired) electrons. The van der Waals surface area contributed by atoms with Crippen LogP contribution in [0.4, 0.5) is 5.82 Å². The number of phosphoric acid groups is 3. The van der Waals surface area contributed by atoms with Crippen LogP contribution in [0.3, 0.4) is 0 Å². The normalized spacial score (nSPS) is 33.6. The van der Waals surface area contributed by atoms with Crippen molar-refractivity contribution in [2.45, 2.75) is 155 Å². The number of ether oxygens (including phenoxy) is 1. The number of hydrogen-bond donors (Lipinski definition) is 7. The molecule has 2 aromatic heterocycles. The second-order valence-corrected chi connectivity index (χ2v) is 28.5. The zero-order chi connectivity index (χ0) is 58.2. The zero-order valence-corrected chi connectivity index (χ0v) is 48.5. The third-order valence-corrected chi connectivity index (χ3v) is 21.9. The number of carbonyl (C=O) groups is 4. The summed E-state index contributed by atoms with van der Waals surface area (Å²) in [5, 5.41) is 48.2. The number of aliphatic hydroxyl groups excluding tert-OH is 4. The average Bonchev–Trinajstić information content (AvgIpc) is 4.03. The Morgan fingerprint density at radius 2 is 1.61 bits per heavy atom. The largest absolute Gasteiger partial charge is 0.790 e. The van der Waals surface area contributed by atoms with Crippen LogP contribution >= 0.6 is 35.2 Å². The van der Waals surface area contributed by atoms with Gasteiger partial charge in [-0.1, -0.05) is 46.4 Å². The van der Waals surface area contributed by atoms with Gasteiger partial charge in [0, 0.05) is 37.1 Å². The van der Waals surface area contributed by atoms with Crippen LogP contribution in [0.2, 0.25) is 0 Å². The lowest BCUT2D eigenvalue weighted by Gasteiger charge is -2.62. The summed E-state index contributed by atoms with van der Waals surface area (Å²) in [6, 6.07) is 0. The molecule has 79 heavy (non-hydrogen) atoms. The number of ketones is 1. The monoisotopic (exact) mass is 1190 g/mol. The van der Waals surface area contributed by atoms with Gasteiger partial charge in [-0.2, -0.15) is 0 Å². The molecule has 2 amide bonds. The summed E-state index contributed by atoms with van der Waals surface area (Å²) in [7, 11) is -17.7. The van der Waals surface area contributed by atoms with Crippen molar-refractivity contribution >= 4 is 74.9 Å². The molecular formula is C48H74N7O20P3S-4. The number of hydrogen-bond acceptors (Lipinski definition) is 25. The lowest BCUT2D eigenvalue weighted by Crippen LogP contribution is -2.58. The smallest absolute Gasteiger partial charge is 0.274 e. The summed E-state index contributed by atoms with van der Waals surface area (Å²) in [6.07, 6.45) is 0.159. The maximum atomic E-state index is 13.3. The maximum Gasteiger partial charge on any atom is 0.274 e. The van der Waals surface area contributed by atoms with Gasteiger partial charge in [0.05, 0.1) is 45.5 Å². The topological polar surface area (TPSA) is 432 Å². The minimum atomic E-state index is -5.96. The molecule has 8 N–H and O–H groups in total. The first-order valence-electron chi connectivity index (χ1n) is 26.6. The fourth-order valence-corrected chi connectivity index (χ4v) is 17.0. The molecule has 5 fully saturated rings. The van der Waals surface area contributed by atoms with Gasteiger partial charge in [0.25, 0.3) is 15.6 Å². The van der Waals surface area contributed by atoms with Crippen molar-refractivity contribution in [2.24, 2.45) is 57.7 Å². The van der Waals surface area contributed by atoms with Crippen molar-refractivity contribution in [3.63, 3.8) is 0 Å². The average molecular weight is 1190 g/mol. The van der Waals surface area contributed by atoms with Gasteiger partial charge in [-0.05, 0) is 111 Å². The summed E-state index contributed by atoms with van der Waals surface area (Å²) in [5.74, 6) is -0.310. The first-order valence-corrected chi connectivity index (χ1v) is 32.0. The first-order chi connectivity index (χ1) is 36.8. The van der Waals surface area contributed by atoms with Crippen LogP contribution in [0.5, 0.6) is 0 Å². The number of amides is 2. The van der Waals surface area contributed by atoms with E-state index >= 15 is 0 Å². The highest BCUT2D eigenvalue weighted by Gasteiger charge is 2.63. The summed E-state index contributed by atoms with van der Waals surface area (Å²) in [5.41, 5.74) is 4.25. The number of rotatable bonds is 25. The van der Waals surface area contributed by atoms with Gasteiger partial charge in [-0.3, -0.25) is 32.9 Å². The standard InChI is InChI=1S/C48H78N7O20P3S/c1-25(29-8-9-30-36-31(12-15-48(29,30)6)47(5)14-11-28(56)19-27(47)20-33(36)58)7-10-32(57)26(2)45(63)79-18-17-50-35(59)13-16-51-43(62)40(61)46(3,4)22-72-78(69,70)75-77(67,68)71-21-34-39(74-76(64,65)66)38(60)44(73-34)55-24-54-37-41(49)52-23-53-42(37)55/h23-31,33-34,36,38-40,44,56,58,60-61H,7-22H2,1-6H3,(H,50,59)(H,51,62)(H,67,68)(H,69,70)(H2,49,52,53)(H2,64,65,66)/p-4/t25-,26-,27+,28-,29-,30+,31+,33-,34-,36+,38-,39-,40+,44-,47+,48-/m1/s1. The molecule has 7 rings (SSSR count). The van der Waals surface area contributed by atoms with E-state index in [2.05, 4.69) is 64.2 Å². The molecule has 2 unspecified atom stereocenters. The predicted octanol–water partition coefficient (Wildman–Crippen LogP) is 0.749. The summed E-state index contributed by atoms with van der Waals surface area (Å²) in [6.45, 7) is 8.46. The number of Topliss-reactive ketones (excluding diaryl/α,β-unsaturated/α-hetero) is 1. The minimum Gasteiger partial charge on any atom is -0.790 e. The number of nitrogen functional groups attached to an aromatic ring is 1. The quantitative estimate of drug-likeness (QED) is 0.0410. The van der Waals surface area contributed by atoms with Gasteiger partial charge < -0.3 is 79.2 Å². The highest BCUT2D eigenvalue weighted by molar-refractivity contribution is 8.13. The number of fused-ring (bicyclic) bond motifs is 6. The van der Waals surface area contributed by atoms with Crippen molar-refractivity contribution < 1.29 is 95.5 Å². The lowest BCUT2D eigenvalue weighted by molar-refractivity contribution is -0.347. The number of nitrogens with one attached hydrogen (secondary N) is 2. The van der Waals surface area contributed by atoms with Gasteiger partial charge in [0.2, 0.25) is 11.8 Å². The molecule has 0 aromatic carbocycles. The Labute approximate surface area is 462 Å². The Kier molecular flexibility index (Phi) is 20.3. The van der Waals surface area contributed by atoms with Crippen LogP contribution in [-0.2, 0) is 55.5 Å². The molecule has 5 aliphatic rings. The van der Waals surface area contributed by atoms with Gasteiger partial charge >= 0.3 is 0 Å². The van der Waals surface area contributed by atoms with Crippen molar-refractivity contribution in [3.8, 4) is 0 Å². The van der Waals surface area contributed by atoms with E-state index < -0.39 is 90.5 Å². The molecule has 0 spiro atoms. The van der Waals surface area contributed by atoms with E-state index in [4.69, 9.17) is 10.5 Å². The van der Waals surface area contributed by atoms with Crippen LogP contribution < -0.4 is 35.9 Å². The number of aliphatic hydroxyl groups is 4. The highest BCUT2D eigenvalue weighted by atomic mass is 32.2. The van der Waals surface area contributed by atoms with Gasteiger partial charge in [0.15, 0.2) is 22.8 Å². The Bertz CT molecular complexity index is 2690. The number of carbonyl (C=O) groups excluding carboxylic acids is 4. The predicted molar refractivity (Wildman–Crippen MR) is 273 cm³/mol. The fourth-order valence-electron chi connectivity index (χ4n) is 13.5. The molecule has 18 atom stereocenters. The number of anilines is 1. The van der Waals surface area contributed by atoms with Gasteiger partial charge in [0.1, 0.15) is 42.0 Å². The molecular weight excluding hydrogens is 1120 g/mol. The number of nitrogens with two attached hydrogens (primary N) is 1. The number of imidazole rings is 1. The molecule has 4 saturated carbocycles. The zero-order valence-electron chi connectivity index (χ0n) is 45.0. The number of nitrogens with zero attached hydrogens (tertiary/aromatic N) is 4. The minimum absolute atomic E-state index is 0.0301. The third kappa shape index (κ3) is 14.7. The van der Waals surface area contributed by atoms with Crippen LogP contribution in [0, 0.1) is 57.7 Å². The third-order valence-electron chi connectivity index (χ3n) is 17.8. The van der Waals surface area contributed by atoms with Gasteiger partial charge in [-0.15, -0.1) is 0 Å². The van der Waals surface area contributed by atoms with Crippen LogP contribution in [0.15, 0.2) is 12.7 Å². The molecule has 1 saturated heterocycles. The van der Waals surface area contributed by atoms with Crippen LogP contribution in [-0.4, -0.2) is 131 Å². The molecule has 1 aliphatic heterocycles. The molecule has 446 valence electrons. The van der Waals surface area contributed by atoms with E-state index in [1.54, 1.807) is 6.92 Å². The van der Waals surface area contributed by atoms with Gasteiger partial charge in [-0.25, -0.2) is 19.3 Å². The molecule has 0 bridgehead atoms. The summed E-state index contributed by atoms with van der Waals surface area (Å²) in [4.78, 5) is 112. The van der Waals surface area contributed by atoms with Crippen LogP contribution in [0.1, 0.15) is 118 Å². The van der Waals surface area contributed by atoms with E-state index in [0.29, 0.717) is 30.1 Å². The van der Waals surface area contributed by atoms with Crippen molar-refractivity contribution in [1.82, 2.24) is 30.2 Å². The number of aromatic nitrogens is 4. The van der Waals surface area contributed by atoms with Crippen molar-refractivity contribution in [2.75, 3.05) is 37.8 Å². The molecule has 2 aromatic rings. The van der Waals surface area contributed by atoms with E-state index in [-0.39, 0.29) is 94.4 Å². The SMILES string of the molecule is C[C@H](C(=O)CC[C@@H](C)[C@H]1CC[C@H]2[C@@H]3[C@H](O)C[C@@H]4C[C@H](O)CC[C@]4(C)[C@H]3CC[C@]12C)C(=O)SCCNC(=O)CCNC(=O)[C@H](O)C(C)(C)COP(=O)([O-])OP(=O)([O-])OC[C@H]1O[C@@H](n2cnc3c(N)ncnc32)[C@H](O)[C@@H]1OP(=O)([O-])[O-]. The van der Waals surface area contributed by atoms with Crippen LogP contribution in [0.25, 0.3) is 11.2 Å². The molecule has 27 nitrogen and oxygen atoms in total. The van der Waals surface area contributed by atoms with E-state index in [1.165, 1.54) is 13.8 Å². The number of phosphoric ester groups is 3. The summed E-state index contributed by atoms with van der Waals surface area (Å²) >= 11 is 0.929. The van der Waals surface area contributed by atoms with Crippen molar-refractivity contribution in [1.29, 1.82) is 0 Å². The fraction of sp³-hybridized carbons (Fsp3) is 0.812. The Hall–Kier alpha value is -2.85. The lowest BCUT2D eigenvalue weighted by atomic mass is 9.43. The first kappa shape index (κ1) is 63.7. The Balaban J connectivity index is 0.774. The maximum absolute atomic E-state index is 13.3. The van der Waals surface area contributed by atoms with E-state index in [0.717, 1.165) is 80.4 Å². The second-order valence-electron chi connectivity index (χ2n) is 23.3. The molecule has 4 aliphatic carbocycles. The van der Waals surface area contributed by atoms with E-state index in [9.17, 15) is 72.9 Å². The summed E-state index contributed by atoms with van der Waals surface area (Å²) < 4.78 is 61.1. The Morgan fingerprint density at radius 3 is 2.32 bits per heavy atom. The van der Waals surface area contributed by atoms with E-state index in [1.807, 2.05) is 0 Å².